The number of ketones is 1. The lowest BCUT2D eigenvalue weighted by Crippen LogP contribution is -2.12. The van der Waals surface area contributed by atoms with E-state index in [1.54, 1.807) is 55.6 Å². The zero-order valence-corrected chi connectivity index (χ0v) is 14.2. The summed E-state index contributed by atoms with van der Waals surface area (Å²) in [6.07, 6.45) is 0. The van der Waals surface area contributed by atoms with Gasteiger partial charge in [0.25, 0.3) is 5.91 Å². The molecule has 0 radical (unpaired) electrons. The highest BCUT2D eigenvalue weighted by Crippen LogP contribution is 2.17. The largest absolute Gasteiger partial charge is 0.322 e. The van der Waals surface area contributed by atoms with Crippen LogP contribution in [0.1, 0.15) is 20.7 Å². The minimum absolute atomic E-state index is 0.0334. The Kier molecular flexibility index (Phi) is 5.20. The van der Waals surface area contributed by atoms with Crippen molar-refractivity contribution in [1.82, 2.24) is 20.2 Å². The van der Waals surface area contributed by atoms with Crippen molar-refractivity contribution in [1.29, 1.82) is 0 Å². The lowest BCUT2D eigenvalue weighted by Gasteiger charge is -2.06. The number of aryl methyl sites for hydroxylation is 1. The van der Waals surface area contributed by atoms with Crippen molar-refractivity contribution in [3.05, 3.63) is 65.7 Å². The number of tetrazole rings is 1. The molecule has 25 heavy (non-hydrogen) atoms. The minimum atomic E-state index is -0.190. The maximum atomic E-state index is 12.2. The molecule has 2 aromatic carbocycles. The molecule has 0 bridgehead atoms. The fourth-order valence-electron chi connectivity index (χ4n) is 2.09. The molecule has 0 aliphatic carbocycles. The molecule has 0 saturated carbocycles. The van der Waals surface area contributed by atoms with Gasteiger partial charge in [0.2, 0.25) is 5.16 Å². The number of benzene rings is 2. The summed E-state index contributed by atoms with van der Waals surface area (Å²) in [7, 11) is 1.72. The number of hydrogen-bond donors (Lipinski definition) is 1. The van der Waals surface area contributed by atoms with E-state index in [1.807, 2.05) is 6.07 Å². The smallest absolute Gasteiger partial charge is 0.255 e. The number of aromatic nitrogens is 4. The second kappa shape index (κ2) is 7.71. The first-order valence-electron chi connectivity index (χ1n) is 7.48. The normalized spacial score (nSPS) is 10.4. The molecule has 0 atom stereocenters. The summed E-state index contributed by atoms with van der Waals surface area (Å²) in [4.78, 5) is 24.3. The Morgan fingerprint density at radius 3 is 2.40 bits per heavy atom. The number of carbonyl (C=O) groups is 2. The third-order valence-electron chi connectivity index (χ3n) is 3.41. The molecular formula is C17H15N5O2S. The number of nitrogens with zero attached hydrogens (tertiary/aromatic N) is 4. The van der Waals surface area contributed by atoms with Gasteiger partial charge < -0.3 is 5.32 Å². The van der Waals surface area contributed by atoms with E-state index in [2.05, 4.69) is 20.8 Å². The highest BCUT2D eigenvalue weighted by molar-refractivity contribution is 7.99. The molecule has 3 rings (SSSR count). The predicted molar refractivity (Wildman–Crippen MR) is 94.7 cm³/mol. The minimum Gasteiger partial charge on any atom is -0.322 e. The van der Waals surface area contributed by atoms with Crippen molar-refractivity contribution in [2.24, 2.45) is 7.05 Å². The van der Waals surface area contributed by atoms with Crippen LogP contribution in [-0.4, -0.2) is 37.7 Å². The molecule has 1 N–H and O–H groups in total. The average Bonchev–Trinajstić information content (AvgIpc) is 3.06. The highest BCUT2D eigenvalue weighted by atomic mass is 32.2. The van der Waals surface area contributed by atoms with Gasteiger partial charge in [0.1, 0.15) is 0 Å². The number of nitrogens with one attached hydrogen (secondary N) is 1. The van der Waals surface area contributed by atoms with Gasteiger partial charge in [-0.1, -0.05) is 30.0 Å². The molecule has 3 aromatic rings. The molecule has 8 heteroatoms. The summed E-state index contributed by atoms with van der Waals surface area (Å²) >= 11 is 1.28. The quantitative estimate of drug-likeness (QED) is 0.541. The van der Waals surface area contributed by atoms with E-state index in [4.69, 9.17) is 0 Å². The van der Waals surface area contributed by atoms with Gasteiger partial charge >= 0.3 is 0 Å². The molecule has 0 spiro atoms. The molecule has 1 aromatic heterocycles. The summed E-state index contributed by atoms with van der Waals surface area (Å²) in [5, 5.41) is 14.4. The van der Waals surface area contributed by atoms with Crippen LogP contribution < -0.4 is 5.32 Å². The topological polar surface area (TPSA) is 89.8 Å². The number of rotatable bonds is 6. The lowest BCUT2D eigenvalue weighted by atomic mass is 10.1. The van der Waals surface area contributed by atoms with Crippen LogP contribution in [0.2, 0.25) is 0 Å². The Labute approximate surface area is 148 Å². The number of Topliss-reactive ketones (excluding diaryl/α,β-unsaturated/α-hetero) is 1. The standard InChI is InChI=1S/C17H15N5O2S/c1-22-17(19-20-21-22)25-11-15(23)12-7-9-14(10-8-12)18-16(24)13-5-3-2-4-6-13/h2-10H,11H2,1H3,(H,18,24). The molecule has 126 valence electrons. The van der Waals surface area contributed by atoms with Crippen molar-refractivity contribution in [2.75, 3.05) is 11.1 Å². The maximum Gasteiger partial charge on any atom is 0.255 e. The van der Waals surface area contributed by atoms with E-state index in [-0.39, 0.29) is 17.4 Å². The number of amides is 1. The van der Waals surface area contributed by atoms with Crippen LogP contribution in [0.25, 0.3) is 0 Å². The molecule has 0 saturated heterocycles. The van der Waals surface area contributed by atoms with Gasteiger partial charge in [-0.15, -0.1) is 5.10 Å². The van der Waals surface area contributed by atoms with Gasteiger partial charge in [-0.3, -0.25) is 9.59 Å². The first-order valence-corrected chi connectivity index (χ1v) is 8.47. The fraction of sp³-hybridized carbons (Fsp3) is 0.118. The Bertz CT molecular complexity index is 878. The fourth-order valence-corrected chi connectivity index (χ4v) is 2.83. The molecule has 0 unspecified atom stereocenters. The molecule has 7 nitrogen and oxygen atoms in total. The number of thioether (sulfide) groups is 1. The highest BCUT2D eigenvalue weighted by Gasteiger charge is 2.11. The first-order chi connectivity index (χ1) is 12.1. The Hall–Kier alpha value is -3.00. The van der Waals surface area contributed by atoms with Crippen LogP contribution in [0, 0.1) is 0 Å². The first kappa shape index (κ1) is 16.8. The molecular weight excluding hydrogens is 338 g/mol. The van der Waals surface area contributed by atoms with Crippen molar-refractivity contribution < 1.29 is 9.59 Å². The Morgan fingerprint density at radius 1 is 1.04 bits per heavy atom. The zero-order valence-electron chi connectivity index (χ0n) is 13.4. The van der Waals surface area contributed by atoms with Gasteiger partial charge in [0.15, 0.2) is 5.78 Å². The maximum absolute atomic E-state index is 12.2. The summed E-state index contributed by atoms with van der Waals surface area (Å²) in [6.45, 7) is 0. The molecule has 1 heterocycles. The summed E-state index contributed by atoms with van der Waals surface area (Å²) in [5.41, 5.74) is 1.78. The predicted octanol–water partition coefficient (Wildman–Crippen LogP) is 2.44. The van der Waals surface area contributed by atoms with Crippen LogP contribution in [0.15, 0.2) is 59.8 Å². The van der Waals surface area contributed by atoms with Crippen LogP contribution in [0.3, 0.4) is 0 Å². The summed E-state index contributed by atoms with van der Waals surface area (Å²) < 4.78 is 1.51. The lowest BCUT2D eigenvalue weighted by molar-refractivity contribution is 0.101. The van der Waals surface area contributed by atoms with E-state index >= 15 is 0 Å². The van der Waals surface area contributed by atoms with Crippen LogP contribution in [0.5, 0.6) is 0 Å². The van der Waals surface area contributed by atoms with Crippen molar-refractivity contribution in [3.8, 4) is 0 Å². The van der Waals surface area contributed by atoms with Gasteiger partial charge in [0.05, 0.1) is 5.75 Å². The van der Waals surface area contributed by atoms with Gasteiger partial charge in [0, 0.05) is 23.9 Å². The second-order valence-corrected chi connectivity index (χ2v) is 6.14. The monoisotopic (exact) mass is 353 g/mol. The van der Waals surface area contributed by atoms with Crippen molar-refractivity contribution >= 4 is 29.1 Å². The van der Waals surface area contributed by atoms with Crippen molar-refractivity contribution in [2.45, 2.75) is 5.16 Å². The van der Waals surface area contributed by atoms with Gasteiger partial charge in [-0.05, 0) is 46.8 Å². The molecule has 0 aliphatic rings. The van der Waals surface area contributed by atoms with E-state index in [9.17, 15) is 9.59 Å². The SMILES string of the molecule is Cn1nnnc1SCC(=O)c1ccc(NC(=O)c2ccccc2)cc1. The van der Waals surface area contributed by atoms with E-state index < -0.39 is 0 Å². The van der Waals surface area contributed by atoms with Gasteiger partial charge in [-0.25, -0.2) is 4.68 Å². The molecule has 0 aliphatic heterocycles. The van der Waals surface area contributed by atoms with E-state index in [0.717, 1.165) is 0 Å². The van der Waals surface area contributed by atoms with Crippen LogP contribution in [-0.2, 0) is 7.05 Å². The van der Waals surface area contributed by atoms with Crippen LogP contribution in [0.4, 0.5) is 5.69 Å². The van der Waals surface area contributed by atoms with Crippen LogP contribution >= 0.6 is 11.8 Å². The third kappa shape index (κ3) is 4.30. The summed E-state index contributed by atoms with van der Waals surface area (Å²) in [6, 6.07) is 15.8. The summed E-state index contributed by atoms with van der Waals surface area (Å²) in [5.74, 6) is 0.0168. The molecule has 0 fully saturated rings. The zero-order chi connectivity index (χ0) is 17.6. The van der Waals surface area contributed by atoms with Crippen molar-refractivity contribution in [3.63, 3.8) is 0 Å². The molecule has 1 amide bonds. The second-order valence-electron chi connectivity index (χ2n) is 5.19. The van der Waals surface area contributed by atoms with E-state index in [0.29, 0.717) is 22.0 Å². The van der Waals surface area contributed by atoms with E-state index in [1.165, 1.54) is 16.4 Å². The number of anilines is 1. The van der Waals surface area contributed by atoms with Gasteiger partial charge in [-0.2, -0.15) is 0 Å². The third-order valence-corrected chi connectivity index (χ3v) is 4.42. The Morgan fingerprint density at radius 2 is 1.76 bits per heavy atom. The average molecular weight is 353 g/mol. The number of carbonyl (C=O) groups excluding carboxylic acids is 2. The number of hydrogen-bond acceptors (Lipinski definition) is 6. The Balaban J connectivity index is 1.59.